The van der Waals surface area contributed by atoms with Crippen LogP contribution in [0.15, 0.2) is 18.2 Å². The predicted octanol–water partition coefficient (Wildman–Crippen LogP) is 2.61. The number of hydrogen-bond acceptors (Lipinski definition) is 3. The van der Waals surface area contributed by atoms with E-state index in [2.05, 4.69) is 5.32 Å². The van der Waals surface area contributed by atoms with Gasteiger partial charge in [0.05, 0.1) is 5.56 Å². The number of fused-ring (bicyclic) bond motifs is 2. The highest BCUT2D eigenvalue weighted by Crippen LogP contribution is 2.35. The molecule has 2 amide bonds. The maximum atomic E-state index is 12.7. The summed E-state index contributed by atoms with van der Waals surface area (Å²) in [6.07, 6.45) is 4.91. The molecular weight excluding hydrogens is 280 g/mol. The van der Waals surface area contributed by atoms with Gasteiger partial charge in [0.15, 0.2) is 0 Å². The minimum atomic E-state index is -0.206. The zero-order valence-corrected chi connectivity index (χ0v) is 12.8. The first-order chi connectivity index (χ1) is 10.5. The topological polar surface area (TPSA) is 69.6 Å². The number of rotatable bonds is 2. The van der Waals surface area contributed by atoms with E-state index in [1.165, 1.54) is 38.7 Å². The molecule has 5 nitrogen and oxygen atoms in total. The summed E-state index contributed by atoms with van der Waals surface area (Å²) in [5, 5.41) is 12.7. The average Bonchev–Trinajstić information content (AvgIpc) is 2.45. The molecule has 1 aliphatic heterocycles. The minimum absolute atomic E-state index is 0.0769. The van der Waals surface area contributed by atoms with Crippen molar-refractivity contribution in [1.29, 1.82) is 0 Å². The van der Waals surface area contributed by atoms with E-state index in [1.807, 2.05) is 4.90 Å². The molecule has 1 aromatic rings. The number of aromatic hydroxyl groups is 1. The highest BCUT2D eigenvalue weighted by atomic mass is 16.3. The molecule has 1 aliphatic carbocycles. The van der Waals surface area contributed by atoms with Gasteiger partial charge in [0.1, 0.15) is 5.75 Å². The molecule has 1 aromatic carbocycles. The van der Waals surface area contributed by atoms with Gasteiger partial charge in [0.2, 0.25) is 5.91 Å². The van der Waals surface area contributed by atoms with Crippen LogP contribution in [0.1, 0.15) is 43.0 Å². The zero-order chi connectivity index (χ0) is 15.7. The summed E-state index contributed by atoms with van der Waals surface area (Å²) in [5.41, 5.74) is 0.811. The lowest BCUT2D eigenvalue weighted by molar-refractivity contribution is -0.114. The number of likely N-dealkylation sites (tertiary alicyclic amines) is 1. The molecule has 2 N–H and O–H groups in total. The van der Waals surface area contributed by atoms with Crippen LogP contribution in [0, 0.1) is 11.8 Å². The Kier molecular flexibility index (Phi) is 4.05. The quantitative estimate of drug-likeness (QED) is 0.882. The zero-order valence-electron chi connectivity index (χ0n) is 12.8. The summed E-state index contributed by atoms with van der Waals surface area (Å²) in [6, 6.07) is 4.67. The summed E-state index contributed by atoms with van der Waals surface area (Å²) in [6.45, 7) is 2.99. The largest absolute Gasteiger partial charge is 0.507 e. The molecule has 118 valence electrons. The lowest BCUT2D eigenvalue weighted by atomic mass is 9.78. The van der Waals surface area contributed by atoms with Gasteiger partial charge < -0.3 is 15.3 Å². The van der Waals surface area contributed by atoms with Crippen molar-refractivity contribution in [2.24, 2.45) is 11.8 Å². The minimum Gasteiger partial charge on any atom is -0.507 e. The van der Waals surface area contributed by atoms with E-state index in [-0.39, 0.29) is 17.6 Å². The molecule has 1 saturated heterocycles. The Morgan fingerprint density at radius 1 is 1.23 bits per heavy atom. The third kappa shape index (κ3) is 3.08. The van der Waals surface area contributed by atoms with Gasteiger partial charge in [-0.3, -0.25) is 9.59 Å². The molecule has 1 heterocycles. The Bertz CT molecular complexity index is 588. The first kappa shape index (κ1) is 14.9. The number of amides is 2. The first-order valence-corrected chi connectivity index (χ1v) is 7.93. The average molecular weight is 302 g/mol. The van der Waals surface area contributed by atoms with Crippen LogP contribution in [0.25, 0.3) is 0 Å². The molecule has 2 atom stereocenters. The number of nitrogens with one attached hydrogen (secondary N) is 1. The van der Waals surface area contributed by atoms with E-state index in [9.17, 15) is 14.7 Å². The van der Waals surface area contributed by atoms with E-state index in [4.69, 9.17) is 0 Å². The van der Waals surface area contributed by atoms with Crippen LogP contribution in [0.4, 0.5) is 5.69 Å². The highest BCUT2D eigenvalue weighted by Gasteiger charge is 2.33. The molecule has 2 unspecified atom stereocenters. The van der Waals surface area contributed by atoms with Crippen LogP contribution in [-0.4, -0.2) is 34.9 Å². The molecule has 0 radical (unpaired) electrons. The lowest BCUT2D eigenvalue weighted by Crippen LogP contribution is -2.45. The van der Waals surface area contributed by atoms with E-state index >= 15 is 0 Å². The van der Waals surface area contributed by atoms with Gasteiger partial charge in [-0.2, -0.15) is 0 Å². The molecule has 0 spiro atoms. The maximum Gasteiger partial charge on any atom is 0.257 e. The van der Waals surface area contributed by atoms with Gasteiger partial charge >= 0.3 is 0 Å². The summed E-state index contributed by atoms with van der Waals surface area (Å²) < 4.78 is 0. The van der Waals surface area contributed by atoms with Crippen LogP contribution >= 0.6 is 0 Å². The molecular formula is C17H22N2O3. The van der Waals surface area contributed by atoms with Gasteiger partial charge in [-0.15, -0.1) is 0 Å². The first-order valence-electron chi connectivity index (χ1n) is 7.93. The van der Waals surface area contributed by atoms with Crippen molar-refractivity contribution in [3.05, 3.63) is 23.8 Å². The second-order valence-corrected chi connectivity index (χ2v) is 6.52. The van der Waals surface area contributed by atoms with E-state index < -0.39 is 0 Å². The fraction of sp³-hybridized carbons (Fsp3) is 0.529. The molecule has 2 aliphatic rings. The summed E-state index contributed by atoms with van der Waals surface area (Å²) in [4.78, 5) is 25.6. The number of phenolic OH excluding ortho intramolecular Hbond substituents is 1. The number of nitrogens with zero attached hydrogens (tertiary/aromatic N) is 1. The van der Waals surface area contributed by atoms with Gasteiger partial charge in [-0.25, -0.2) is 0 Å². The molecule has 2 fully saturated rings. The fourth-order valence-electron chi connectivity index (χ4n) is 3.76. The third-order valence-corrected chi connectivity index (χ3v) is 4.68. The Hall–Kier alpha value is -2.04. The summed E-state index contributed by atoms with van der Waals surface area (Å²) >= 11 is 0. The van der Waals surface area contributed by atoms with Crippen LogP contribution < -0.4 is 5.32 Å². The van der Waals surface area contributed by atoms with E-state index in [0.29, 0.717) is 23.1 Å². The lowest BCUT2D eigenvalue weighted by Gasteiger charge is -2.41. The van der Waals surface area contributed by atoms with Gasteiger partial charge in [-0.1, -0.05) is 6.42 Å². The maximum absolute atomic E-state index is 12.7. The van der Waals surface area contributed by atoms with Crippen molar-refractivity contribution in [3.63, 3.8) is 0 Å². The van der Waals surface area contributed by atoms with Crippen molar-refractivity contribution < 1.29 is 14.7 Å². The van der Waals surface area contributed by atoms with Crippen molar-refractivity contribution >= 4 is 17.5 Å². The van der Waals surface area contributed by atoms with E-state index in [1.54, 1.807) is 12.1 Å². The summed E-state index contributed by atoms with van der Waals surface area (Å²) in [5.74, 6) is 0.826. The fourth-order valence-corrected chi connectivity index (χ4v) is 3.76. The monoisotopic (exact) mass is 302 g/mol. The summed E-state index contributed by atoms with van der Waals surface area (Å²) in [7, 11) is 0. The van der Waals surface area contributed by atoms with Gasteiger partial charge in [0.25, 0.3) is 5.91 Å². The van der Waals surface area contributed by atoms with Crippen molar-refractivity contribution in [2.45, 2.75) is 32.6 Å². The standard InChI is InChI=1S/C17H22N2O3/c1-11(20)18-14-5-6-15(16(21)8-14)17(22)19-9-12-3-2-4-13(7-12)10-19/h5-6,8,12-13,21H,2-4,7,9-10H2,1H3,(H,18,20). The normalized spacial score (nSPS) is 24.0. The van der Waals surface area contributed by atoms with Crippen molar-refractivity contribution in [1.82, 2.24) is 4.90 Å². The number of anilines is 1. The number of hydrogen-bond donors (Lipinski definition) is 2. The second-order valence-electron chi connectivity index (χ2n) is 6.52. The molecule has 1 saturated carbocycles. The Morgan fingerprint density at radius 3 is 2.50 bits per heavy atom. The smallest absolute Gasteiger partial charge is 0.257 e. The number of carbonyl (C=O) groups is 2. The molecule has 5 heteroatoms. The Balaban J connectivity index is 1.75. The molecule has 2 bridgehead atoms. The Labute approximate surface area is 130 Å². The predicted molar refractivity (Wildman–Crippen MR) is 83.8 cm³/mol. The highest BCUT2D eigenvalue weighted by molar-refractivity contribution is 5.98. The Morgan fingerprint density at radius 2 is 1.91 bits per heavy atom. The van der Waals surface area contributed by atoms with E-state index in [0.717, 1.165) is 13.1 Å². The third-order valence-electron chi connectivity index (χ3n) is 4.68. The van der Waals surface area contributed by atoms with Gasteiger partial charge in [-0.05, 0) is 43.2 Å². The molecule has 3 rings (SSSR count). The van der Waals surface area contributed by atoms with Crippen LogP contribution in [-0.2, 0) is 4.79 Å². The number of phenols is 1. The SMILES string of the molecule is CC(=O)Nc1ccc(C(=O)N2CC3CCCC(C3)C2)c(O)c1. The van der Waals surface area contributed by atoms with Gasteiger partial charge in [0, 0.05) is 31.8 Å². The number of piperidine rings is 1. The van der Waals surface area contributed by atoms with Crippen LogP contribution in [0.2, 0.25) is 0 Å². The second kappa shape index (κ2) is 5.99. The van der Waals surface area contributed by atoms with Crippen molar-refractivity contribution in [2.75, 3.05) is 18.4 Å². The number of benzene rings is 1. The molecule has 0 aromatic heterocycles. The molecule has 22 heavy (non-hydrogen) atoms. The van der Waals surface area contributed by atoms with Crippen LogP contribution in [0.3, 0.4) is 0 Å². The van der Waals surface area contributed by atoms with Crippen LogP contribution in [0.5, 0.6) is 5.75 Å². The van der Waals surface area contributed by atoms with Crippen molar-refractivity contribution in [3.8, 4) is 5.75 Å². The number of carbonyl (C=O) groups excluding carboxylic acids is 2.